The maximum atomic E-state index is 11.1. The van der Waals surface area contributed by atoms with Gasteiger partial charge in [-0.05, 0) is 18.6 Å². The second-order valence-corrected chi connectivity index (χ2v) is 4.58. The van der Waals surface area contributed by atoms with Crippen LogP contribution in [0.25, 0.3) is 0 Å². The summed E-state index contributed by atoms with van der Waals surface area (Å²) in [5.74, 6) is 0.0666. The van der Waals surface area contributed by atoms with Gasteiger partial charge in [0.15, 0.2) is 0 Å². The van der Waals surface area contributed by atoms with Gasteiger partial charge in [0.2, 0.25) is 0 Å². The van der Waals surface area contributed by atoms with Gasteiger partial charge in [-0.25, -0.2) is 0 Å². The van der Waals surface area contributed by atoms with E-state index >= 15 is 0 Å². The van der Waals surface area contributed by atoms with Crippen LogP contribution in [0.2, 0.25) is 0 Å². The highest BCUT2D eigenvalue weighted by Crippen LogP contribution is 2.30. The molecule has 0 radical (unpaired) electrons. The lowest BCUT2D eigenvalue weighted by Gasteiger charge is -2.19. The number of nitrogens with zero attached hydrogens (tertiary/aromatic N) is 1. The number of rotatable bonds is 5. The highest BCUT2D eigenvalue weighted by Gasteiger charge is 2.18. The lowest BCUT2D eigenvalue weighted by Crippen LogP contribution is -2.23. The monoisotopic (exact) mass is 240 g/mol. The van der Waals surface area contributed by atoms with Gasteiger partial charge >= 0.3 is 5.97 Å². The molecule has 0 aromatic carbocycles. The van der Waals surface area contributed by atoms with Gasteiger partial charge in [0.25, 0.3) is 0 Å². The summed E-state index contributed by atoms with van der Waals surface area (Å²) in [5, 5.41) is 0.0628. The van der Waals surface area contributed by atoms with Crippen molar-refractivity contribution in [3.05, 3.63) is 30.1 Å². The first-order valence-corrected chi connectivity index (χ1v) is 6.04. The SMILES string of the molecule is COC(=O)CSC(c1cccnc1)C(C)N. The summed E-state index contributed by atoms with van der Waals surface area (Å²) in [6.07, 6.45) is 3.49. The molecule has 0 aliphatic carbocycles. The third kappa shape index (κ3) is 3.83. The van der Waals surface area contributed by atoms with Crippen LogP contribution in [0, 0.1) is 0 Å². The molecular weight excluding hydrogens is 224 g/mol. The van der Waals surface area contributed by atoms with E-state index in [1.54, 1.807) is 12.4 Å². The lowest BCUT2D eigenvalue weighted by atomic mass is 10.1. The van der Waals surface area contributed by atoms with Crippen LogP contribution in [-0.2, 0) is 9.53 Å². The van der Waals surface area contributed by atoms with Crippen LogP contribution < -0.4 is 5.73 Å². The predicted octanol–water partition coefficient (Wildman–Crippen LogP) is 1.38. The van der Waals surface area contributed by atoms with Crippen LogP contribution in [0.3, 0.4) is 0 Å². The topological polar surface area (TPSA) is 65.2 Å². The molecule has 2 atom stereocenters. The molecule has 0 spiro atoms. The average molecular weight is 240 g/mol. The van der Waals surface area contributed by atoms with Gasteiger partial charge in [-0.2, -0.15) is 0 Å². The van der Waals surface area contributed by atoms with Crippen LogP contribution in [0.5, 0.6) is 0 Å². The third-order valence-corrected chi connectivity index (χ3v) is 3.56. The molecule has 0 fully saturated rings. The predicted molar refractivity (Wildman–Crippen MR) is 65.1 cm³/mol. The fourth-order valence-corrected chi connectivity index (χ4v) is 2.38. The number of carbonyl (C=O) groups excluding carboxylic acids is 1. The van der Waals surface area contributed by atoms with Crippen molar-refractivity contribution in [1.82, 2.24) is 4.98 Å². The third-order valence-electron chi connectivity index (χ3n) is 2.10. The minimum atomic E-state index is -0.237. The molecule has 88 valence electrons. The van der Waals surface area contributed by atoms with Gasteiger partial charge in [0, 0.05) is 23.7 Å². The van der Waals surface area contributed by atoms with Crippen LogP contribution >= 0.6 is 11.8 Å². The number of aromatic nitrogens is 1. The van der Waals surface area contributed by atoms with E-state index in [1.165, 1.54) is 18.9 Å². The summed E-state index contributed by atoms with van der Waals surface area (Å²) < 4.78 is 4.60. The first-order chi connectivity index (χ1) is 7.65. The molecule has 4 nitrogen and oxygen atoms in total. The van der Waals surface area contributed by atoms with Crippen LogP contribution in [-0.4, -0.2) is 29.9 Å². The first kappa shape index (κ1) is 13.0. The molecule has 0 aliphatic rings. The van der Waals surface area contributed by atoms with E-state index in [4.69, 9.17) is 5.73 Å². The molecule has 2 N–H and O–H groups in total. The van der Waals surface area contributed by atoms with Crippen molar-refractivity contribution >= 4 is 17.7 Å². The molecule has 2 unspecified atom stereocenters. The van der Waals surface area contributed by atoms with E-state index in [2.05, 4.69) is 9.72 Å². The second kappa shape index (κ2) is 6.50. The van der Waals surface area contributed by atoms with E-state index in [0.717, 1.165) is 5.56 Å². The van der Waals surface area contributed by atoms with E-state index in [-0.39, 0.29) is 17.3 Å². The summed E-state index contributed by atoms with van der Waals surface area (Å²) >= 11 is 1.48. The number of hydrogen-bond acceptors (Lipinski definition) is 5. The number of esters is 1. The maximum absolute atomic E-state index is 11.1. The molecule has 5 heteroatoms. The summed E-state index contributed by atoms with van der Waals surface area (Å²) in [7, 11) is 1.38. The quantitative estimate of drug-likeness (QED) is 0.788. The Labute approximate surface area is 99.6 Å². The van der Waals surface area contributed by atoms with Gasteiger partial charge in [0.05, 0.1) is 12.9 Å². The molecule has 1 rings (SSSR count). The van der Waals surface area contributed by atoms with Gasteiger partial charge in [-0.15, -0.1) is 11.8 Å². The van der Waals surface area contributed by atoms with Crippen LogP contribution in [0.15, 0.2) is 24.5 Å². The van der Waals surface area contributed by atoms with Crippen molar-refractivity contribution in [1.29, 1.82) is 0 Å². The largest absolute Gasteiger partial charge is 0.468 e. The van der Waals surface area contributed by atoms with Gasteiger partial charge in [-0.1, -0.05) is 6.07 Å². The fraction of sp³-hybridized carbons (Fsp3) is 0.455. The number of hydrogen-bond donors (Lipinski definition) is 1. The molecule has 0 saturated heterocycles. The number of pyridine rings is 1. The Balaban J connectivity index is 2.66. The Bertz CT molecular complexity index is 330. The zero-order valence-electron chi connectivity index (χ0n) is 9.42. The Morgan fingerprint density at radius 1 is 1.69 bits per heavy atom. The van der Waals surface area contributed by atoms with Crippen molar-refractivity contribution in [2.45, 2.75) is 18.2 Å². The molecule has 0 amide bonds. The minimum absolute atomic E-state index is 0.0427. The molecule has 1 aromatic rings. The molecule has 1 aromatic heterocycles. The fourth-order valence-electron chi connectivity index (χ4n) is 1.31. The lowest BCUT2D eigenvalue weighted by molar-refractivity contribution is -0.137. The first-order valence-electron chi connectivity index (χ1n) is 4.99. The number of ether oxygens (including phenoxy) is 1. The highest BCUT2D eigenvalue weighted by atomic mass is 32.2. The normalized spacial score (nSPS) is 14.2. The molecule has 0 aliphatic heterocycles. The minimum Gasteiger partial charge on any atom is -0.468 e. The van der Waals surface area contributed by atoms with Gasteiger partial charge < -0.3 is 10.5 Å². The molecule has 0 saturated carbocycles. The molecular formula is C11H16N2O2S. The second-order valence-electron chi connectivity index (χ2n) is 3.45. The zero-order chi connectivity index (χ0) is 12.0. The summed E-state index contributed by atoms with van der Waals surface area (Å²) in [6, 6.07) is 3.79. The van der Waals surface area contributed by atoms with Gasteiger partial charge in [0.1, 0.15) is 0 Å². The van der Waals surface area contributed by atoms with Crippen molar-refractivity contribution in [3.8, 4) is 0 Å². The summed E-state index contributed by atoms with van der Waals surface area (Å²) in [5.41, 5.74) is 6.93. The number of nitrogens with two attached hydrogens (primary N) is 1. The van der Waals surface area contributed by atoms with E-state index in [1.807, 2.05) is 19.1 Å². The van der Waals surface area contributed by atoms with Crippen molar-refractivity contribution in [3.63, 3.8) is 0 Å². The molecule has 1 heterocycles. The number of carbonyl (C=O) groups is 1. The van der Waals surface area contributed by atoms with Crippen molar-refractivity contribution in [2.75, 3.05) is 12.9 Å². The summed E-state index contributed by atoms with van der Waals surface area (Å²) in [6.45, 7) is 1.92. The smallest absolute Gasteiger partial charge is 0.315 e. The number of methoxy groups -OCH3 is 1. The Morgan fingerprint density at radius 3 is 2.94 bits per heavy atom. The number of thioether (sulfide) groups is 1. The van der Waals surface area contributed by atoms with E-state index in [0.29, 0.717) is 5.75 Å². The average Bonchev–Trinajstić information content (AvgIpc) is 2.30. The maximum Gasteiger partial charge on any atom is 0.315 e. The van der Waals surface area contributed by atoms with Crippen LogP contribution in [0.1, 0.15) is 17.7 Å². The Kier molecular flexibility index (Phi) is 5.28. The molecule has 0 bridgehead atoms. The standard InChI is InChI=1S/C11H16N2O2S/c1-8(12)11(16-7-10(14)15-2)9-4-3-5-13-6-9/h3-6,8,11H,7,12H2,1-2H3. The van der Waals surface area contributed by atoms with Crippen molar-refractivity contribution in [2.24, 2.45) is 5.73 Å². The Morgan fingerprint density at radius 2 is 2.44 bits per heavy atom. The molecule has 16 heavy (non-hydrogen) atoms. The van der Waals surface area contributed by atoms with Crippen molar-refractivity contribution < 1.29 is 9.53 Å². The van der Waals surface area contributed by atoms with E-state index < -0.39 is 0 Å². The van der Waals surface area contributed by atoms with Crippen LogP contribution in [0.4, 0.5) is 0 Å². The zero-order valence-corrected chi connectivity index (χ0v) is 10.2. The summed E-state index contributed by atoms with van der Waals surface area (Å²) in [4.78, 5) is 15.1. The Hall–Kier alpha value is -1.07. The highest BCUT2D eigenvalue weighted by molar-refractivity contribution is 8.00. The van der Waals surface area contributed by atoms with Gasteiger partial charge in [-0.3, -0.25) is 9.78 Å². The van der Waals surface area contributed by atoms with E-state index in [9.17, 15) is 4.79 Å².